The Kier molecular flexibility index (Phi) is 4.40. The minimum atomic E-state index is -3.59. The average Bonchev–Trinajstić information content (AvgIpc) is 3.30. The second-order valence-corrected chi connectivity index (χ2v) is 8.93. The Balaban J connectivity index is 1.74. The highest BCUT2D eigenvalue weighted by molar-refractivity contribution is 7.89. The number of methoxy groups -OCH3 is 1. The maximum absolute atomic E-state index is 13.1. The summed E-state index contributed by atoms with van der Waals surface area (Å²) in [5, 5.41) is 0.769. The molecule has 0 spiro atoms. The third-order valence-corrected chi connectivity index (χ3v) is 6.73. The molecule has 1 amide bonds. The number of carbonyl (C=O) groups is 1. The van der Waals surface area contributed by atoms with Gasteiger partial charge in [0.15, 0.2) is 17.1 Å². The number of ether oxygens (including phenoxy) is 1. The molecule has 1 aliphatic rings. The van der Waals surface area contributed by atoms with Crippen molar-refractivity contribution in [3.63, 3.8) is 0 Å². The second kappa shape index (κ2) is 6.65. The van der Waals surface area contributed by atoms with Crippen LogP contribution in [0.3, 0.4) is 0 Å². The molecule has 0 atom stereocenters. The standard InChI is InChI=1S/C20H20N2O5S/c1-21(2)28(24,25)15-8-7-13-9-10-22(16(13)12-15)20(23)18-11-14-5-4-6-17(26-3)19(14)27-18/h4-8,11-12H,9-10H2,1-3H3. The Labute approximate surface area is 163 Å². The van der Waals surface area contributed by atoms with Gasteiger partial charge in [-0.3, -0.25) is 4.79 Å². The van der Waals surface area contributed by atoms with Crippen LogP contribution in [0, 0.1) is 0 Å². The molecular formula is C20H20N2O5S. The Morgan fingerprint density at radius 2 is 1.96 bits per heavy atom. The number of amides is 1. The van der Waals surface area contributed by atoms with Crippen molar-refractivity contribution >= 4 is 32.6 Å². The number of rotatable bonds is 4. The van der Waals surface area contributed by atoms with Crippen molar-refractivity contribution in [2.24, 2.45) is 0 Å². The first-order valence-electron chi connectivity index (χ1n) is 8.77. The number of hydrogen-bond donors (Lipinski definition) is 0. The highest BCUT2D eigenvalue weighted by Crippen LogP contribution is 2.34. The molecule has 4 rings (SSSR count). The Morgan fingerprint density at radius 3 is 2.68 bits per heavy atom. The number of benzene rings is 2. The number of para-hydroxylation sites is 1. The van der Waals surface area contributed by atoms with E-state index in [9.17, 15) is 13.2 Å². The predicted octanol–water partition coefficient (Wildman–Crippen LogP) is 2.89. The third kappa shape index (κ3) is 2.85. The molecule has 0 unspecified atom stereocenters. The summed E-state index contributed by atoms with van der Waals surface area (Å²) in [6.45, 7) is 0.466. The molecule has 0 aliphatic carbocycles. The molecule has 146 valence electrons. The minimum Gasteiger partial charge on any atom is -0.493 e. The fraction of sp³-hybridized carbons (Fsp3) is 0.250. The van der Waals surface area contributed by atoms with Gasteiger partial charge in [-0.2, -0.15) is 0 Å². The molecule has 0 saturated carbocycles. The fourth-order valence-corrected chi connectivity index (χ4v) is 4.30. The van der Waals surface area contributed by atoms with Gasteiger partial charge < -0.3 is 14.1 Å². The van der Waals surface area contributed by atoms with Crippen LogP contribution in [-0.2, 0) is 16.4 Å². The SMILES string of the molecule is COc1cccc2cc(C(=O)N3CCc4ccc(S(=O)(=O)N(C)C)cc43)oc12. The van der Waals surface area contributed by atoms with E-state index in [1.807, 2.05) is 12.1 Å². The van der Waals surface area contributed by atoms with Crippen LogP contribution in [0.4, 0.5) is 5.69 Å². The fourth-order valence-electron chi connectivity index (χ4n) is 3.38. The molecule has 28 heavy (non-hydrogen) atoms. The number of fused-ring (bicyclic) bond motifs is 2. The molecule has 8 heteroatoms. The monoisotopic (exact) mass is 400 g/mol. The summed E-state index contributed by atoms with van der Waals surface area (Å²) in [5.74, 6) is 0.433. The predicted molar refractivity (Wildman–Crippen MR) is 105 cm³/mol. The van der Waals surface area contributed by atoms with Crippen LogP contribution in [0.5, 0.6) is 5.75 Å². The van der Waals surface area contributed by atoms with E-state index >= 15 is 0 Å². The van der Waals surface area contributed by atoms with Crippen molar-refractivity contribution in [1.82, 2.24) is 4.31 Å². The van der Waals surface area contributed by atoms with Crippen molar-refractivity contribution in [1.29, 1.82) is 0 Å². The summed E-state index contributed by atoms with van der Waals surface area (Å²) >= 11 is 0. The largest absolute Gasteiger partial charge is 0.493 e. The molecule has 0 bridgehead atoms. The smallest absolute Gasteiger partial charge is 0.294 e. The number of nitrogens with zero attached hydrogens (tertiary/aromatic N) is 2. The summed E-state index contributed by atoms with van der Waals surface area (Å²) < 4.78 is 37.1. The van der Waals surface area contributed by atoms with E-state index in [0.717, 1.165) is 15.3 Å². The third-order valence-electron chi connectivity index (χ3n) is 4.91. The Bertz CT molecular complexity index is 1180. The van der Waals surface area contributed by atoms with Crippen LogP contribution in [-0.4, -0.2) is 46.4 Å². The van der Waals surface area contributed by atoms with Gasteiger partial charge in [-0.1, -0.05) is 18.2 Å². The van der Waals surface area contributed by atoms with E-state index in [1.165, 1.54) is 14.1 Å². The number of anilines is 1. The van der Waals surface area contributed by atoms with Gasteiger partial charge in [0.25, 0.3) is 5.91 Å². The van der Waals surface area contributed by atoms with Crippen LogP contribution in [0.1, 0.15) is 16.1 Å². The average molecular weight is 400 g/mol. The maximum Gasteiger partial charge on any atom is 0.294 e. The van der Waals surface area contributed by atoms with Gasteiger partial charge >= 0.3 is 0 Å². The van der Waals surface area contributed by atoms with Crippen LogP contribution in [0.25, 0.3) is 11.0 Å². The first-order chi connectivity index (χ1) is 13.3. The summed E-state index contributed by atoms with van der Waals surface area (Å²) in [7, 11) is 0.916. The van der Waals surface area contributed by atoms with Crippen LogP contribution in [0.15, 0.2) is 51.8 Å². The second-order valence-electron chi connectivity index (χ2n) is 6.77. The molecule has 7 nitrogen and oxygen atoms in total. The van der Waals surface area contributed by atoms with Gasteiger partial charge in [0.1, 0.15) is 0 Å². The van der Waals surface area contributed by atoms with Gasteiger partial charge in [0.2, 0.25) is 10.0 Å². The number of sulfonamides is 1. The molecule has 0 radical (unpaired) electrons. The van der Waals surface area contributed by atoms with Crippen LogP contribution < -0.4 is 9.64 Å². The van der Waals surface area contributed by atoms with Gasteiger partial charge in [0.05, 0.1) is 12.0 Å². The van der Waals surface area contributed by atoms with Gasteiger partial charge in [-0.15, -0.1) is 0 Å². The molecule has 3 aromatic rings. The zero-order chi connectivity index (χ0) is 20.1. The lowest BCUT2D eigenvalue weighted by molar-refractivity contribution is 0.0964. The number of carbonyl (C=O) groups excluding carboxylic acids is 1. The molecule has 1 aliphatic heterocycles. The highest BCUT2D eigenvalue weighted by atomic mass is 32.2. The zero-order valence-corrected chi connectivity index (χ0v) is 16.6. The molecule has 0 saturated heterocycles. The van der Waals surface area contributed by atoms with E-state index in [1.54, 1.807) is 42.3 Å². The van der Waals surface area contributed by atoms with E-state index in [4.69, 9.17) is 9.15 Å². The molecule has 2 heterocycles. The van der Waals surface area contributed by atoms with E-state index in [-0.39, 0.29) is 16.6 Å². The molecule has 0 fully saturated rings. The van der Waals surface area contributed by atoms with Crippen molar-refractivity contribution in [2.45, 2.75) is 11.3 Å². The summed E-state index contributed by atoms with van der Waals surface area (Å²) in [5.41, 5.74) is 2.04. The Hall–Kier alpha value is -2.84. The van der Waals surface area contributed by atoms with E-state index in [0.29, 0.717) is 30.0 Å². The minimum absolute atomic E-state index is 0.155. The first-order valence-corrected chi connectivity index (χ1v) is 10.2. The zero-order valence-electron chi connectivity index (χ0n) is 15.8. The van der Waals surface area contributed by atoms with Crippen molar-refractivity contribution in [3.05, 3.63) is 53.8 Å². The van der Waals surface area contributed by atoms with E-state index < -0.39 is 10.0 Å². The van der Waals surface area contributed by atoms with Gasteiger partial charge in [-0.25, -0.2) is 12.7 Å². The molecular weight excluding hydrogens is 380 g/mol. The van der Waals surface area contributed by atoms with Crippen molar-refractivity contribution in [3.8, 4) is 5.75 Å². The lowest BCUT2D eigenvalue weighted by Gasteiger charge is -2.18. The quantitative estimate of drug-likeness (QED) is 0.673. The summed E-state index contributed by atoms with van der Waals surface area (Å²) in [6, 6.07) is 12.0. The van der Waals surface area contributed by atoms with Gasteiger partial charge in [0, 0.05) is 31.7 Å². The summed E-state index contributed by atoms with van der Waals surface area (Å²) in [4.78, 5) is 14.8. The Morgan fingerprint density at radius 1 is 1.18 bits per heavy atom. The van der Waals surface area contributed by atoms with E-state index in [2.05, 4.69) is 0 Å². The highest BCUT2D eigenvalue weighted by Gasteiger charge is 2.30. The first kappa shape index (κ1) is 18.5. The molecule has 0 N–H and O–H groups in total. The lowest BCUT2D eigenvalue weighted by atomic mass is 10.2. The normalized spacial score (nSPS) is 13.9. The van der Waals surface area contributed by atoms with Crippen LogP contribution in [0.2, 0.25) is 0 Å². The van der Waals surface area contributed by atoms with Crippen LogP contribution >= 0.6 is 0 Å². The maximum atomic E-state index is 13.1. The van der Waals surface area contributed by atoms with Gasteiger partial charge in [-0.05, 0) is 36.2 Å². The van der Waals surface area contributed by atoms with Crippen molar-refractivity contribution < 1.29 is 22.4 Å². The lowest BCUT2D eigenvalue weighted by Crippen LogP contribution is -2.29. The number of furan rings is 1. The molecule has 2 aromatic carbocycles. The summed E-state index contributed by atoms with van der Waals surface area (Å²) in [6.07, 6.45) is 0.660. The number of hydrogen-bond acceptors (Lipinski definition) is 5. The topological polar surface area (TPSA) is 80.1 Å². The molecule has 1 aromatic heterocycles. The van der Waals surface area contributed by atoms with Crippen molar-refractivity contribution in [2.75, 3.05) is 32.6 Å².